The van der Waals surface area contributed by atoms with Crippen LogP contribution in [0.5, 0.6) is 11.5 Å². The second-order valence-electron chi connectivity index (χ2n) is 4.90. The molecule has 0 unspecified atom stereocenters. The van der Waals surface area contributed by atoms with Gasteiger partial charge in [0, 0.05) is 5.56 Å². The predicted octanol–water partition coefficient (Wildman–Crippen LogP) is 2.05. The van der Waals surface area contributed by atoms with E-state index in [2.05, 4.69) is 0 Å². The van der Waals surface area contributed by atoms with Gasteiger partial charge in [0.05, 0.1) is 23.6 Å². The highest BCUT2D eigenvalue weighted by Gasteiger charge is 2.40. The first-order chi connectivity index (χ1) is 8.33. The number of benzene rings is 1. The summed E-state index contributed by atoms with van der Waals surface area (Å²) in [4.78, 5) is 17.2. The molecule has 1 amide bonds. The summed E-state index contributed by atoms with van der Waals surface area (Å²) >= 11 is 5.89. The van der Waals surface area contributed by atoms with Crippen LogP contribution in [0, 0.1) is 5.41 Å². The van der Waals surface area contributed by atoms with Gasteiger partial charge in [-0.15, -0.1) is 0 Å². The quantitative estimate of drug-likeness (QED) is 0.808. The first-order valence-electron chi connectivity index (χ1n) is 5.47. The van der Waals surface area contributed by atoms with Crippen LogP contribution in [0.15, 0.2) is 12.1 Å². The molecule has 2 N–H and O–H groups in total. The van der Waals surface area contributed by atoms with Gasteiger partial charge in [0.15, 0.2) is 0 Å². The number of nitrogens with zero attached hydrogens (tertiary/aromatic N) is 1. The molecule has 18 heavy (non-hydrogen) atoms. The zero-order valence-corrected chi connectivity index (χ0v) is 10.9. The van der Waals surface area contributed by atoms with Gasteiger partial charge in [-0.2, -0.15) is 0 Å². The van der Waals surface area contributed by atoms with Crippen molar-refractivity contribution in [1.82, 2.24) is 5.06 Å². The third-order valence-electron chi connectivity index (χ3n) is 2.89. The normalized spacial score (nSPS) is 18.4. The van der Waals surface area contributed by atoms with Crippen LogP contribution in [0.2, 0.25) is 5.02 Å². The number of hydrogen-bond acceptors (Lipinski definition) is 4. The number of rotatable bonds is 2. The van der Waals surface area contributed by atoms with Gasteiger partial charge in [0.2, 0.25) is 0 Å². The SMILES string of the molecule is CC1(C)CON(Cc2c(O)ccc(O)c2Cl)C1=O. The lowest BCUT2D eigenvalue weighted by Crippen LogP contribution is -2.30. The number of aromatic hydroxyl groups is 2. The highest BCUT2D eigenvalue weighted by Crippen LogP contribution is 2.36. The third-order valence-corrected chi connectivity index (χ3v) is 3.31. The summed E-state index contributed by atoms with van der Waals surface area (Å²) in [6, 6.07) is 2.61. The van der Waals surface area contributed by atoms with E-state index in [1.807, 2.05) is 0 Å². The van der Waals surface area contributed by atoms with Crippen LogP contribution in [0.3, 0.4) is 0 Å². The molecule has 1 aliphatic heterocycles. The van der Waals surface area contributed by atoms with E-state index in [4.69, 9.17) is 16.4 Å². The van der Waals surface area contributed by atoms with Crippen molar-refractivity contribution in [3.8, 4) is 11.5 Å². The van der Waals surface area contributed by atoms with Crippen molar-refractivity contribution >= 4 is 17.5 Å². The van der Waals surface area contributed by atoms with Gasteiger partial charge in [0.25, 0.3) is 5.91 Å². The maximum Gasteiger partial charge on any atom is 0.254 e. The number of phenols is 2. The lowest BCUT2D eigenvalue weighted by Gasteiger charge is -2.18. The summed E-state index contributed by atoms with van der Waals surface area (Å²) in [6.45, 7) is 3.84. The molecule has 1 aliphatic rings. The topological polar surface area (TPSA) is 70.0 Å². The molecule has 1 heterocycles. The summed E-state index contributed by atoms with van der Waals surface area (Å²) in [5.74, 6) is -0.407. The van der Waals surface area contributed by atoms with Crippen LogP contribution < -0.4 is 0 Å². The van der Waals surface area contributed by atoms with E-state index in [1.54, 1.807) is 13.8 Å². The fraction of sp³-hybridized carbons (Fsp3) is 0.417. The van der Waals surface area contributed by atoms with Crippen molar-refractivity contribution in [2.24, 2.45) is 5.41 Å². The average molecular weight is 272 g/mol. The summed E-state index contributed by atoms with van der Waals surface area (Å²) in [5.41, 5.74) is -0.318. The molecule has 0 aromatic heterocycles. The molecular weight excluding hydrogens is 258 g/mol. The Morgan fingerprint density at radius 1 is 1.39 bits per heavy atom. The van der Waals surface area contributed by atoms with Gasteiger partial charge in [-0.25, -0.2) is 5.06 Å². The van der Waals surface area contributed by atoms with E-state index in [9.17, 15) is 15.0 Å². The van der Waals surface area contributed by atoms with Gasteiger partial charge in [0.1, 0.15) is 11.5 Å². The van der Waals surface area contributed by atoms with Gasteiger partial charge in [-0.3, -0.25) is 9.63 Å². The maximum absolute atomic E-state index is 12.0. The van der Waals surface area contributed by atoms with Crippen molar-refractivity contribution in [1.29, 1.82) is 0 Å². The Morgan fingerprint density at radius 2 is 2.00 bits per heavy atom. The zero-order chi connectivity index (χ0) is 13.5. The molecule has 1 aromatic rings. The Kier molecular flexibility index (Phi) is 3.12. The van der Waals surface area contributed by atoms with Gasteiger partial charge < -0.3 is 10.2 Å². The first-order valence-corrected chi connectivity index (χ1v) is 5.85. The molecule has 1 saturated heterocycles. The minimum Gasteiger partial charge on any atom is -0.508 e. The van der Waals surface area contributed by atoms with Crippen molar-refractivity contribution < 1.29 is 19.8 Å². The molecule has 0 bridgehead atoms. The molecule has 0 saturated carbocycles. The van der Waals surface area contributed by atoms with Crippen LogP contribution in [-0.4, -0.2) is 27.8 Å². The Labute approximate surface area is 109 Å². The number of hydrogen-bond donors (Lipinski definition) is 2. The van der Waals surface area contributed by atoms with Gasteiger partial charge in [-0.05, 0) is 26.0 Å². The van der Waals surface area contributed by atoms with Crippen LogP contribution in [0.1, 0.15) is 19.4 Å². The van der Waals surface area contributed by atoms with Crippen molar-refractivity contribution in [2.75, 3.05) is 6.61 Å². The minimum absolute atomic E-state index is 0.00132. The number of halogens is 1. The van der Waals surface area contributed by atoms with Crippen LogP contribution >= 0.6 is 11.6 Å². The first kappa shape index (κ1) is 13.0. The van der Waals surface area contributed by atoms with Crippen LogP contribution in [0.25, 0.3) is 0 Å². The second kappa shape index (κ2) is 4.33. The highest BCUT2D eigenvalue weighted by molar-refractivity contribution is 6.33. The second-order valence-corrected chi connectivity index (χ2v) is 5.27. The molecule has 2 rings (SSSR count). The Morgan fingerprint density at radius 3 is 2.56 bits per heavy atom. The molecule has 0 atom stereocenters. The Hall–Kier alpha value is -1.46. The van der Waals surface area contributed by atoms with E-state index >= 15 is 0 Å². The average Bonchev–Trinajstić information content (AvgIpc) is 2.56. The fourth-order valence-corrected chi connectivity index (χ4v) is 1.93. The van der Waals surface area contributed by atoms with Crippen LogP contribution in [0.4, 0.5) is 0 Å². The molecule has 6 heteroatoms. The largest absolute Gasteiger partial charge is 0.508 e. The van der Waals surface area contributed by atoms with E-state index in [1.165, 1.54) is 12.1 Å². The van der Waals surface area contributed by atoms with Gasteiger partial charge in [-0.1, -0.05) is 11.6 Å². The molecule has 98 valence electrons. The Bertz CT molecular complexity index is 501. The number of carbonyl (C=O) groups excluding carboxylic acids is 1. The van der Waals surface area contributed by atoms with Crippen molar-refractivity contribution in [3.63, 3.8) is 0 Å². The standard InChI is InChI=1S/C12H14ClNO4/c1-12(2)6-18-14(11(12)17)5-7-8(15)3-4-9(16)10(7)13/h3-4,15-16H,5-6H2,1-2H3. The van der Waals surface area contributed by atoms with Crippen molar-refractivity contribution in [3.05, 3.63) is 22.7 Å². The summed E-state index contributed by atoms with van der Waals surface area (Å²) in [7, 11) is 0. The molecular formula is C12H14ClNO4. The smallest absolute Gasteiger partial charge is 0.254 e. The maximum atomic E-state index is 12.0. The van der Waals surface area contributed by atoms with E-state index < -0.39 is 5.41 Å². The molecule has 1 fully saturated rings. The molecule has 0 radical (unpaired) electrons. The Balaban J connectivity index is 2.26. The third kappa shape index (κ3) is 2.11. The monoisotopic (exact) mass is 271 g/mol. The summed E-state index contributed by atoms with van der Waals surface area (Å²) in [6.07, 6.45) is 0. The summed E-state index contributed by atoms with van der Waals surface area (Å²) in [5, 5.41) is 20.4. The lowest BCUT2D eigenvalue weighted by molar-refractivity contribution is -0.165. The lowest BCUT2D eigenvalue weighted by atomic mass is 9.95. The highest BCUT2D eigenvalue weighted by atomic mass is 35.5. The number of amides is 1. The summed E-state index contributed by atoms with van der Waals surface area (Å²) < 4.78 is 0. The zero-order valence-electron chi connectivity index (χ0n) is 10.1. The van der Waals surface area contributed by atoms with E-state index in [0.717, 1.165) is 5.06 Å². The number of phenolic OH excluding ortho intramolecular Hbond substituents is 2. The predicted molar refractivity (Wildman–Crippen MR) is 65.1 cm³/mol. The molecule has 0 spiro atoms. The van der Waals surface area contributed by atoms with E-state index in [-0.39, 0.29) is 41.1 Å². The molecule has 1 aromatic carbocycles. The minimum atomic E-state index is -0.584. The number of carbonyl (C=O) groups is 1. The van der Waals surface area contributed by atoms with Crippen LogP contribution in [-0.2, 0) is 16.2 Å². The fourth-order valence-electron chi connectivity index (χ4n) is 1.71. The van der Waals surface area contributed by atoms with E-state index in [0.29, 0.717) is 0 Å². The molecule has 0 aliphatic carbocycles. The van der Waals surface area contributed by atoms with Crippen molar-refractivity contribution in [2.45, 2.75) is 20.4 Å². The molecule has 5 nitrogen and oxygen atoms in total. The number of hydroxylamine groups is 2. The van der Waals surface area contributed by atoms with Gasteiger partial charge >= 0.3 is 0 Å².